The van der Waals surface area contributed by atoms with Gasteiger partial charge in [-0.05, 0) is 24.5 Å². The van der Waals surface area contributed by atoms with Gasteiger partial charge in [0.25, 0.3) is 0 Å². The van der Waals surface area contributed by atoms with Gasteiger partial charge < -0.3 is 4.74 Å². The molecule has 1 aromatic rings. The maximum Gasteiger partial charge on any atom is 0.338 e. The highest BCUT2D eigenvalue weighted by Crippen LogP contribution is 2.24. The van der Waals surface area contributed by atoms with Crippen molar-refractivity contribution in [3.8, 4) is 0 Å². The highest BCUT2D eigenvalue weighted by molar-refractivity contribution is 6.02. The van der Waals surface area contributed by atoms with E-state index < -0.39 is 0 Å². The summed E-state index contributed by atoms with van der Waals surface area (Å²) in [7, 11) is 1.35. The zero-order valence-corrected chi connectivity index (χ0v) is 8.58. The van der Waals surface area contributed by atoms with Crippen LogP contribution in [0.1, 0.15) is 39.1 Å². The lowest BCUT2D eigenvalue weighted by atomic mass is 9.87. The van der Waals surface area contributed by atoms with Crippen LogP contribution in [0.2, 0.25) is 0 Å². The molecule has 0 aliphatic heterocycles. The van der Waals surface area contributed by atoms with Gasteiger partial charge in [-0.2, -0.15) is 0 Å². The molecule has 0 saturated heterocycles. The van der Waals surface area contributed by atoms with Gasteiger partial charge in [0.05, 0.1) is 12.7 Å². The molecule has 3 heteroatoms. The van der Waals surface area contributed by atoms with E-state index in [1.165, 1.54) is 7.11 Å². The monoisotopic (exact) mass is 204 g/mol. The molecule has 0 spiro atoms. The van der Waals surface area contributed by atoms with Crippen molar-refractivity contribution in [2.24, 2.45) is 0 Å². The lowest BCUT2D eigenvalue weighted by molar-refractivity contribution is 0.0599. The van der Waals surface area contributed by atoms with Gasteiger partial charge in [0, 0.05) is 12.0 Å². The third kappa shape index (κ3) is 1.65. The van der Waals surface area contributed by atoms with Crippen LogP contribution in [0.3, 0.4) is 0 Å². The van der Waals surface area contributed by atoms with Crippen molar-refractivity contribution < 1.29 is 14.3 Å². The Bertz CT molecular complexity index is 421. The number of methoxy groups -OCH3 is 1. The summed E-state index contributed by atoms with van der Waals surface area (Å²) in [4.78, 5) is 23.1. The van der Waals surface area contributed by atoms with Crippen molar-refractivity contribution in [3.63, 3.8) is 0 Å². The molecule has 0 saturated carbocycles. The zero-order chi connectivity index (χ0) is 10.8. The summed E-state index contributed by atoms with van der Waals surface area (Å²) >= 11 is 0. The number of hydrogen-bond donors (Lipinski definition) is 0. The predicted octanol–water partition coefficient (Wildman–Crippen LogP) is 1.99. The first-order valence-electron chi connectivity index (χ1n) is 4.97. The highest BCUT2D eigenvalue weighted by atomic mass is 16.5. The molecule has 0 N–H and O–H groups in total. The summed E-state index contributed by atoms with van der Waals surface area (Å²) in [6.45, 7) is 0. The Morgan fingerprint density at radius 2 is 2.13 bits per heavy atom. The highest BCUT2D eigenvalue weighted by Gasteiger charge is 2.22. The molecule has 0 amide bonds. The summed E-state index contributed by atoms with van der Waals surface area (Å²) in [5.41, 5.74) is 2.06. The van der Waals surface area contributed by atoms with E-state index in [1.54, 1.807) is 18.2 Å². The van der Waals surface area contributed by atoms with Crippen molar-refractivity contribution in [1.82, 2.24) is 0 Å². The SMILES string of the molecule is COC(=O)c1cccc2c1CCCC2=O. The molecule has 78 valence electrons. The fourth-order valence-electron chi connectivity index (χ4n) is 1.98. The fraction of sp³-hybridized carbons (Fsp3) is 0.333. The summed E-state index contributed by atoms with van der Waals surface area (Å²) in [5, 5.41) is 0. The molecular formula is C12H12O3. The molecule has 1 aliphatic rings. The van der Waals surface area contributed by atoms with Crippen LogP contribution in [-0.4, -0.2) is 18.9 Å². The van der Waals surface area contributed by atoms with Gasteiger partial charge in [-0.3, -0.25) is 4.79 Å². The molecule has 1 aromatic carbocycles. The number of ether oxygens (including phenoxy) is 1. The normalized spacial score (nSPS) is 14.6. The van der Waals surface area contributed by atoms with Crippen LogP contribution in [0.5, 0.6) is 0 Å². The number of rotatable bonds is 1. The van der Waals surface area contributed by atoms with Crippen LogP contribution in [0, 0.1) is 0 Å². The number of esters is 1. The Morgan fingerprint density at radius 3 is 2.87 bits per heavy atom. The quantitative estimate of drug-likeness (QED) is 0.657. The van der Waals surface area contributed by atoms with E-state index in [0.29, 0.717) is 17.5 Å². The van der Waals surface area contributed by atoms with Gasteiger partial charge in [-0.15, -0.1) is 0 Å². The van der Waals surface area contributed by atoms with Crippen molar-refractivity contribution in [1.29, 1.82) is 0 Å². The molecule has 3 nitrogen and oxygen atoms in total. The molecule has 0 unspecified atom stereocenters. The lowest BCUT2D eigenvalue weighted by Gasteiger charge is -2.16. The Labute approximate surface area is 88.1 Å². The van der Waals surface area contributed by atoms with E-state index >= 15 is 0 Å². The van der Waals surface area contributed by atoms with Crippen LogP contribution in [0.25, 0.3) is 0 Å². The third-order valence-corrected chi connectivity index (χ3v) is 2.71. The lowest BCUT2D eigenvalue weighted by Crippen LogP contribution is -2.15. The Kier molecular flexibility index (Phi) is 2.54. The van der Waals surface area contributed by atoms with E-state index in [0.717, 1.165) is 18.4 Å². The van der Waals surface area contributed by atoms with Crippen molar-refractivity contribution in [2.45, 2.75) is 19.3 Å². The van der Waals surface area contributed by atoms with E-state index in [-0.39, 0.29) is 11.8 Å². The minimum absolute atomic E-state index is 0.127. The summed E-state index contributed by atoms with van der Waals surface area (Å²) in [6.07, 6.45) is 2.18. The Balaban J connectivity index is 2.54. The number of fused-ring (bicyclic) bond motifs is 1. The predicted molar refractivity (Wildman–Crippen MR) is 55.1 cm³/mol. The second-order valence-corrected chi connectivity index (χ2v) is 3.60. The number of ketones is 1. The molecule has 0 heterocycles. The number of hydrogen-bond acceptors (Lipinski definition) is 3. The van der Waals surface area contributed by atoms with Crippen LogP contribution in [0.4, 0.5) is 0 Å². The topological polar surface area (TPSA) is 43.4 Å². The molecule has 0 bridgehead atoms. The maximum absolute atomic E-state index is 11.6. The molecule has 0 radical (unpaired) electrons. The minimum Gasteiger partial charge on any atom is -0.465 e. The standard InChI is InChI=1S/C12H12O3/c1-15-12(14)10-6-2-5-9-8(10)4-3-7-11(9)13/h2,5-6H,3-4,7H2,1H3. The van der Waals surface area contributed by atoms with Crippen LogP contribution >= 0.6 is 0 Å². The molecular weight excluding hydrogens is 192 g/mol. The summed E-state index contributed by atoms with van der Waals surface area (Å²) in [6, 6.07) is 5.22. The Hall–Kier alpha value is -1.64. The first kappa shape index (κ1) is 9.90. The van der Waals surface area contributed by atoms with E-state index in [2.05, 4.69) is 4.74 Å². The van der Waals surface area contributed by atoms with Crippen LogP contribution in [0.15, 0.2) is 18.2 Å². The average Bonchev–Trinajstić information content (AvgIpc) is 2.28. The molecule has 1 aliphatic carbocycles. The smallest absolute Gasteiger partial charge is 0.338 e. The maximum atomic E-state index is 11.6. The van der Waals surface area contributed by atoms with Gasteiger partial charge in [-0.1, -0.05) is 12.1 Å². The number of carbonyl (C=O) groups excluding carboxylic acids is 2. The minimum atomic E-state index is -0.360. The second-order valence-electron chi connectivity index (χ2n) is 3.60. The molecule has 2 rings (SSSR count). The van der Waals surface area contributed by atoms with Gasteiger partial charge in [0.1, 0.15) is 0 Å². The van der Waals surface area contributed by atoms with Gasteiger partial charge in [0.15, 0.2) is 5.78 Å². The van der Waals surface area contributed by atoms with Gasteiger partial charge >= 0.3 is 5.97 Å². The number of Topliss-reactive ketones (excluding diaryl/α,β-unsaturated/α-hetero) is 1. The number of benzene rings is 1. The Morgan fingerprint density at radius 1 is 1.33 bits per heavy atom. The van der Waals surface area contributed by atoms with Gasteiger partial charge in [-0.25, -0.2) is 4.79 Å². The average molecular weight is 204 g/mol. The first-order valence-corrected chi connectivity index (χ1v) is 4.97. The van der Waals surface area contributed by atoms with Gasteiger partial charge in [0.2, 0.25) is 0 Å². The van der Waals surface area contributed by atoms with E-state index in [1.807, 2.05) is 0 Å². The second kappa shape index (κ2) is 3.85. The molecule has 0 fully saturated rings. The van der Waals surface area contributed by atoms with E-state index in [9.17, 15) is 9.59 Å². The van der Waals surface area contributed by atoms with Crippen LogP contribution < -0.4 is 0 Å². The summed E-state index contributed by atoms with van der Waals surface area (Å²) < 4.78 is 4.69. The third-order valence-electron chi connectivity index (χ3n) is 2.71. The zero-order valence-electron chi connectivity index (χ0n) is 8.58. The van der Waals surface area contributed by atoms with Crippen LogP contribution in [-0.2, 0) is 11.2 Å². The van der Waals surface area contributed by atoms with Crippen molar-refractivity contribution >= 4 is 11.8 Å². The number of carbonyl (C=O) groups is 2. The summed E-state index contributed by atoms with van der Waals surface area (Å²) in [5.74, 6) is -0.233. The van der Waals surface area contributed by atoms with Crippen molar-refractivity contribution in [3.05, 3.63) is 34.9 Å². The molecule has 15 heavy (non-hydrogen) atoms. The van der Waals surface area contributed by atoms with Crippen molar-refractivity contribution in [2.75, 3.05) is 7.11 Å². The fourth-order valence-corrected chi connectivity index (χ4v) is 1.98. The van der Waals surface area contributed by atoms with E-state index in [4.69, 9.17) is 0 Å². The molecule has 0 aromatic heterocycles. The molecule has 0 atom stereocenters. The largest absolute Gasteiger partial charge is 0.465 e. The first-order chi connectivity index (χ1) is 7.24.